The van der Waals surface area contributed by atoms with Crippen LogP contribution in [0.1, 0.15) is 25.7 Å². The Hall–Kier alpha value is -2.78. The second-order valence-corrected chi connectivity index (χ2v) is 6.27. The molecule has 0 aromatic carbocycles. The molecule has 0 heterocycles. The number of rotatable bonds is 13. The zero-order valence-electron chi connectivity index (χ0n) is 13.7. The molecule has 13 nitrogen and oxygen atoms in total. The number of aliphatic carboxylic acids is 2. The minimum Gasteiger partial charge on any atom is -0.481 e. The predicted molar refractivity (Wildman–Crippen MR) is 85.1 cm³/mol. The number of carbonyl (C=O) groups excluding carboxylic acids is 3. The fourth-order valence-electron chi connectivity index (χ4n) is 1.43. The zero-order valence-corrected chi connectivity index (χ0v) is 14.6. The van der Waals surface area contributed by atoms with E-state index in [2.05, 4.69) is 9.05 Å². The molecule has 0 rings (SSSR count). The van der Waals surface area contributed by atoms with E-state index in [9.17, 15) is 33.4 Å². The van der Waals surface area contributed by atoms with Crippen molar-refractivity contribution in [1.82, 2.24) is 5.32 Å². The number of carboxylic acid groups (broad SMARTS) is 2. The topological polar surface area (TPSA) is 220 Å². The van der Waals surface area contributed by atoms with Crippen molar-refractivity contribution in [2.45, 2.75) is 31.8 Å². The average molecular weight is 408 g/mol. The van der Waals surface area contributed by atoms with E-state index in [0.29, 0.717) is 0 Å². The van der Waals surface area contributed by atoms with Gasteiger partial charge in [0.2, 0.25) is 5.91 Å². The van der Waals surface area contributed by atoms with Gasteiger partial charge in [0.25, 0.3) is 0 Å². The minimum absolute atomic E-state index is 0.145. The molecule has 2 atom stereocenters. The van der Waals surface area contributed by atoms with Crippen LogP contribution in [0.15, 0.2) is 11.4 Å². The van der Waals surface area contributed by atoms with Crippen LogP contribution in [-0.2, 0) is 37.6 Å². The Morgan fingerprint density at radius 2 is 1.74 bits per heavy atom. The highest BCUT2D eigenvalue weighted by atomic mass is 31.2. The second kappa shape index (κ2) is 11.8. The molecule has 0 fully saturated rings. The van der Waals surface area contributed by atoms with E-state index in [1.807, 2.05) is 5.32 Å². The summed E-state index contributed by atoms with van der Waals surface area (Å²) in [6.07, 6.45) is -3.65. The van der Waals surface area contributed by atoms with Gasteiger partial charge in [0.05, 0.1) is 5.70 Å². The maximum atomic E-state index is 11.7. The third kappa shape index (κ3) is 11.4. The molecule has 0 aliphatic rings. The molecule has 0 radical (unpaired) electrons. The van der Waals surface area contributed by atoms with Crippen molar-refractivity contribution in [1.29, 1.82) is 0 Å². The third-order valence-corrected chi connectivity index (χ3v) is 3.67. The van der Waals surface area contributed by atoms with E-state index in [0.717, 1.165) is 0 Å². The van der Waals surface area contributed by atoms with Gasteiger partial charge in [-0.05, 0) is 6.42 Å². The van der Waals surface area contributed by atoms with Gasteiger partial charge < -0.3 is 26.2 Å². The molecule has 0 spiro atoms. The number of nitrogens with one attached hydrogen (secondary N) is 1. The van der Waals surface area contributed by atoms with Gasteiger partial charge in [0.15, 0.2) is 6.10 Å². The number of carbonyl (C=O) groups is 3. The molecule has 27 heavy (non-hydrogen) atoms. The van der Waals surface area contributed by atoms with Crippen LogP contribution >= 0.6 is 7.82 Å². The van der Waals surface area contributed by atoms with E-state index < -0.39 is 56.9 Å². The molecule has 0 aliphatic heterocycles. The Morgan fingerprint density at radius 1 is 1.11 bits per heavy atom. The molecule has 14 heteroatoms. The lowest BCUT2D eigenvalue weighted by Crippen LogP contribution is -2.27. The van der Waals surface area contributed by atoms with E-state index in [4.69, 9.17) is 15.9 Å². The molecule has 150 valence electrons. The summed E-state index contributed by atoms with van der Waals surface area (Å²) >= 11 is 0. The monoisotopic (exact) mass is 408 g/mol. The van der Waals surface area contributed by atoms with Crippen molar-refractivity contribution in [2.24, 2.45) is 5.73 Å². The average Bonchev–Trinajstić information content (AvgIpc) is 2.59. The molecule has 1 amide bonds. The largest absolute Gasteiger partial charge is 0.481 e. The van der Waals surface area contributed by atoms with Crippen molar-refractivity contribution in [3.8, 4) is 0 Å². The first-order valence-corrected chi connectivity index (χ1v) is 8.64. The van der Waals surface area contributed by atoms with Gasteiger partial charge in [-0.1, -0.05) is 0 Å². The maximum absolute atomic E-state index is 11.7. The molecule has 0 bridgehead atoms. The van der Waals surface area contributed by atoms with Crippen molar-refractivity contribution in [3.63, 3.8) is 0 Å². The lowest BCUT2D eigenvalue weighted by Gasteiger charge is -2.17. The van der Waals surface area contributed by atoms with Crippen molar-refractivity contribution in [3.05, 3.63) is 11.4 Å². The number of phosphoric acid groups is 1. The summed E-state index contributed by atoms with van der Waals surface area (Å²) in [5, 5.41) is 19.3. The normalized spacial score (nSPS) is 13.4. The van der Waals surface area contributed by atoms with Crippen LogP contribution in [0.4, 0.5) is 0 Å². The molecular weight excluding hydrogens is 391 g/mol. The standard InChI is InChI=1S/C13H17N2O11P/c14-8(5-16)1-3-11(18)15-9(6-17)7-25-27(23,24)26-10(13(21)22)2-4-12(19)20/h10H,1-4,7,14H2,(H,15,18)(H,19,20)(H,21,22)(H,23,24). The molecule has 0 aliphatic carbocycles. The van der Waals surface area contributed by atoms with Crippen LogP contribution in [0, 0.1) is 0 Å². The summed E-state index contributed by atoms with van der Waals surface area (Å²) in [5.41, 5.74) is 4.31. The quantitative estimate of drug-likeness (QED) is 0.178. The Bertz CT molecular complexity index is 722. The van der Waals surface area contributed by atoms with E-state index in [1.54, 1.807) is 0 Å². The smallest absolute Gasteiger partial charge is 0.473 e. The summed E-state index contributed by atoms with van der Waals surface area (Å²) in [7, 11) is -5.01. The summed E-state index contributed by atoms with van der Waals surface area (Å²) in [4.78, 5) is 63.2. The number of allylic oxidation sites excluding steroid dienone is 1. The SMILES string of the molecule is NC(=C=O)CCC(=O)NC(=C=O)COP(=O)(O)OC(CCC(=O)O)C(=O)O. The van der Waals surface area contributed by atoms with E-state index in [1.165, 1.54) is 11.9 Å². The number of hydrogen-bond acceptors (Lipinski definition) is 9. The number of amides is 1. The van der Waals surface area contributed by atoms with Gasteiger partial charge in [0, 0.05) is 19.3 Å². The van der Waals surface area contributed by atoms with E-state index >= 15 is 0 Å². The van der Waals surface area contributed by atoms with Gasteiger partial charge >= 0.3 is 19.8 Å². The Labute approximate surface area is 152 Å². The molecule has 0 aromatic rings. The first-order valence-electron chi connectivity index (χ1n) is 7.14. The van der Waals surface area contributed by atoms with Crippen LogP contribution in [0.25, 0.3) is 0 Å². The molecule has 2 unspecified atom stereocenters. The highest BCUT2D eigenvalue weighted by Crippen LogP contribution is 2.45. The molecule has 0 aromatic heterocycles. The van der Waals surface area contributed by atoms with Crippen molar-refractivity contribution in [2.75, 3.05) is 6.61 Å². The summed E-state index contributed by atoms with van der Waals surface area (Å²) in [6, 6.07) is 0. The van der Waals surface area contributed by atoms with Crippen molar-refractivity contribution < 1.29 is 52.7 Å². The van der Waals surface area contributed by atoms with E-state index in [-0.39, 0.29) is 18.5 Å². The Morgan fingerprint density at radius 3 is 2.22 bits per heavy atom. The molecule has 6 N–H and O–H groups in total. The zero-order chi connectivity index (χ0) is 21.0. The third-order valence-electron chi connectivity index (χ3n) is 2.69. The molecular formula is C13H17N2O11P. The van der Waals surface area contributed by atoms with Crippen LogP contribution in [0.3, 0.4) is 0 Å². The first kappa shape index (κ1) is 24.2. The number of carboxylic acids is 2. The number of phosphoric ester groups is 1. The second-order valence-electron chi connectivity index (χ2n) is 4.86. The Kier molecular flexibility index (Phi) is 10.6. The number of hydrogen-bond donors (Lipinski definition) is 5. The summed E-state index contributed by atoms with van der Waals surface area (Å²) in [6.45, 7) is -0.965. The van der Waals surface area contributed by atoms with Crippen LogP contribution < -0.4 is 11.1 Å². The fourth-order valence-corrected chi connectivity index (χ4v) is 2.30. The number of nitrogens with two attached hydrogens (primary N) is 1. The lowest BCUT2D eigenvalue weighted by molar-refractivity contribution is -0.147. The van der Waals surface area contributed by atoms with Crippen LogP contribution in [0.2, 0.25) is 0 Å². The van der Waals surface area contributed by atoms with Gasteiger partial charge in [-0.2, -0.15) is 0 Å². The Balaban J connectivity index is 4.69. The summed E-state index contributed by atoms with van der Waals surface area (Å²) < 4.78 is 20.5. The van der Waals surface area contributed by atoms with Crippen LogP contribution in [-0.4, -0.2) is 57.5 Å². The van der Waals surface area contributed by atoms with Gasteiger partial charge in [0.1, 0.15) is 24.2 Å². The minimum atomic E-state index is -5.01. The van der Waals surface area contributed by atoms with Gasteiger partial charge in [-0.15, -0.1) is 0 Å². The van der Waals surface area contributed by atoms with Crippen LogP contribution in [0.5, 0.6) is 0 Å². The highest BCUT2D eigenvalue weighted by molar-refractivity contribution is 7.47. The fraction of sp³-hybridized carbons (Fsp3) is 0.462. The van der Waals surface area contributed by atoms with Gasteiger partial charge in [-0.25, -0.2) is 18.9 Å². The maximum Gasteiger partial charge on any atom is 0.473 e. The summed E-state index contributed by atoms with van der Waals surface area (Å²) in [5.74, 6) is -1.24. The first-order chi connectivity index (χ1) is 12.5. The highest BCUT2D eigenvalue weighted by Gasteiger charge is 2.32. The van der Waals surface area contributed by atoms with Crippen molar-refractivity contribution >= 4 is 37.6 Å². The lowest BCUT2D eigenvalue weighted by atomic mass is 10.2. The van der Waals surface area contributed by atoms with Gasteiger partial charge in [-0.3, -0.25) is 18.6 Å². The predicted octanol–water partition coefficient (Wildman–Crippen LogP) is -1.28. The molecule has 0 saturated heterocycles. The molecule has 0 saturated carbocycles.